The van der Waals surface area contributed by atoms with E-state index in [4.69, 9.17) is 4.74 Å². The Hall–Kier alpha value is -2.40. The number of amides is 1. The van der Waals surface area contributed by atoms with Crippen molar-refractivity contribution < 1.29 is 13.9 Å². The van der Waals surface area contributed by atoms with Gasteiger partial charge in [0, 0.05) is 45.9 Å². The first-order chi connectivity index (χ1) is 13.9. The van der Waals surface area contributed by atoms with Crippen LogP contribution in [0.1, 0.15) is 43.2 Å². The maximum atomic E-state index is 13.2. The Morgan fingerprint density at radius 1 is 1.14 bits per heavy atom. The van der Waals surface area contributed by atoms with Gasteiger partial charge in [-0.25, -0.2) is 4.39 Å². The largest absolute Gasteiger partial charge is 0.378 e. The highest BCUT2D eigenvalue weighted by Gasteiger charge is 2.24. The van der Waals surface area contributed by atoms with Crippen LogP contribution >= 0.6 is 0 Å². The van der Waals surface area contributed by atoms with Crippen LogP contribution in [0.15, 0.2) is 48.5 Å². The van der Waals surface area contributed by atoms with Gasteiger partial charge < -0.3 is 14.5 Å². The molecule has 0 bridgehead atoms. The van der Waals surface area contributed by atoms with Crippen LogP contribution in [0.2, 0.25) is 0 Å². The van der Waals surface area contributed by atoms with Crippen molar-refractivity contribution in [3.63, 3.8) is 0 Å². The van der Waals surface area contributed by atoms with Gasteiger partial charge in [0.2, 0.25) is 5.91 Å². The van der Waals surface area contributed by atoms with Gasteiger partial charge in [0.05, 0.1) is 6.10 Å². The summed E-state index contributed by atoms with van der Waals surface area (Å²) in [7, 11) is 4.03. The topological polar surface area (TPSA) is 32.8 Å². The van der Waals surface area contributed by atoms with E-state index in [-0.39, 0.29) is 23.7 Å². The number of nitrogens with zero attached hydrogens (tertiary/aromatic N) is 2. The second kappa shape index (κ2) is 9.88. The third-order valence-corrected chi connectivity index (χ3v) is 5.55. The molecule has 0 saturated carbocycles. The minimum absolute atomic E-state index is 0.0335. The number of hydrogen-bond acceptors (Lipinski definition) is 3. The first-order valence-corrected chi connectivity index (χ1v) is 10.3. The molecule has 5 heteroatoms. The summed E-state index contributed by atoms with van der Waals surface area (Å²) < 4.78 is 19.0. The Kier molecular flexibility index (Phi) is 7.26. The predicted octanol–water partition coefficient (Wildman–Crippen LogP) is 4.59. The average molecular weight is 399 g/mol. The van der Waals surface area contributed by atoms with Crippen molar-refractivity contribution in [1.29, 1.82) is 0 Å². The number of rotatable bonds is 8. The van der Waals surface area contributed by atoms with Crippen molar-refractivity contribution in [3.05, 3.63) is 65.5 Å². The van der Waals surface area contributed by atoms with E-state index in [1.54, 1.807) is 12.1 Å². The van der Waals surface area contributed by atoms with Crippen LogP contribution in [0, 0.1) is 5.82 Å². The van der Waals surface area contributed by atoms with Gasteiger partial charge in [0.25, 0.3) is 0 Å². The van der Waals surface area contributed by atoms with Gasteiger partial charge in [-0.1, -0.05) is 31.2 Å². The smallest absolute Gasteiger partial charge is 0.223 e. The standard InChI is InChI=1S/C24H31FN2O2/c1-18(20-8-10-21(25)11-9-20)15-24(28)27(17-23-5-4-14-29-23)16-19-6-12-22(13-7-19)26(2)3/h6-13,18,23H,4-5,14-17H2,1-3H3. The molecule has 0 N–H and O–H groups in total. The molecular weight excluding hydrogens is 367 g/mol. The van der Waals surface area contributed by atoms with Gasteiger partial charge in [0.1, 0.15) is 5.82 Å². The molecule has 0 radical (unpaired) electrons. The molecular formula is C24H31FN2O2. The highest BCUT2D eigenvalue weighted by Crippen LogP contribution is 2.23. The molecule has 2 aromatic rings. The number of hydrogen-bond donors (Lipinski definition) is 0. The molecule has 0 aliphatic carbocycles. The Bertz CT molecular complexity index is 784. The zero-order valence-electron chi connectivity index (χ0n) is 17.6. The lowest BCUT2D eigenvalue weighted by atomic mass is 9.97. The summed E-state index contributed by atoms with van der Waals surface area (Å²) in [5.74, 6) is -0.117. The monoisotopic (exact) mass is 398 g/mol. The predicted molar refractivity (Wildman–Crippen MR) is 115 cm³/mol. The first kappa shape index (κ1) is 21.3. The summed E-state index contributed by atoms with van der Waals surface area (Å²) in [5, 5.41) is 0. The van der Waals surface area contributed by atoms with Crippen molar-refractivity contribution in [3.8, 4) is 0 Å². The summed E-state index contributed by atoms with van der Waals surface area (Å²) in [5.41, 5.74) is 3.22. The van der Waals surface area contributed by atoms with Crippen molar-refractivity contribution in [1.82, 2.24) is 4.90 Å². The fourth-order valence-electron chi connectivity index (χ4n) is 3.71. The van der Waals surface area contributed by atoms with Crippen LogP contribution in [0.5, 0.6) is 0 Å². The molecule has 1 saturated heterocycles. The SMILES string of the molecule is CC(CC(=O)N(Cc1ccc(N(C)C)cc1)CC1CCCO1)c1ccc(F)cc1. The number of anilines is 1. The maximum absolute atomic E-state index is 13.2. The summed E-state index contributed by atoms with van der Waals surface area (Å²) in [6.07, 6.45) is 2.56. The number of halogens is 1. The molecule has 2 aromatic carbocycles. The number of benzene rings is 2. The van der Waals surface area contributed by atoms with Gasteiger partial charge in [-0.3, -0.25) is 4.79 Å². The zero-order chi connectivity index (χ0) is 20.8. The first-order valence-electron chi connectivity index (χ1n) is 10.3. The molecule has 29 heavy (non-hydrogen) atoms. The van der Waals surface area contributed by atoms with Crippen molar-refractivity contribution >= 4 is 11.6 Å². The normalized spacial score (nSPS) is 17.2. The molecule has 2 unspecified atom stereocenters. The summed E-state index contributed by atoms with van der Waals surface area (Å²) in [4.78, 5) is 17.1. The minimum Gasteiger partial charge on any atom is -0.378 e. The van der Waals surface area contributed by atoms with E-state index in [0.29, 0.717) is 19.5 Å². The molecule has 156 valence electrons. The second-order valence-corrected chi connectivity index (χ2v) is 8.13. The summed E-state index contributed by atoms with van der Waals surface area (Å²) in [6, 6.07) is 14.7. The zero-order valence-corrected chi connectivity index (χ0v) is 17.6. The van der Waals surface area contributed by atoms with E-state index >= 15 is 0 Å². The van der Waals surface area contributed by atoms with Crippen molar-refractivity contribution in [2.75, 3.05) is 32.1 Å². The van der Waals surface area contributed by atoms with Crippen molar-refractivity contribution in [2.45, 2.75) is 44.8 Å². The van der Waals surface area contributed by atoms with E-state index in [9.17, 15) is 9.18 Å². The van der Waals surface area contributed by atoms with Crippen LogP contribution in [0.25, 0.3) is 0 Å². The Morgan fingerprint density at radius 3 is 2.41 bits per heavy atom. The quantitative estimate of drug-likeness (QED) is 0.652. The van der Waals surface area contributed by atoms with Crippen LogP contribution in [0.3, 0.4) is 0 Å². The van der Waals surface area contributed by atoms with E-state index in [1.165, 1.54) is 12.1 Å². The number of carbonyl (C=O) groups is 1. The average Bonchev–Trinajstić information content (AvgIpc) is 3.21. The molecule has 0 spiro atoms. The van der Waals surface area contributed by atoms with Crippen molar-refractivity contribution in [2.24, 2.45) is 0 Å². The van der Waals surface area contributed by atoms with Gasteiger partial charge in [-0.15, -0.1) is 0 Å². The van der Waals surface area contributed by atoms with E-state index < -0.39 is 0 Å². The highest BCUT2D eigenvalue weighted by molar-refractivity contribution is 5.77. The molecule has 0 aromatic heterocycles. The van der Waals surface area contributed by atoms with Crippen LogP contribution < -0.4 is 4.90 Å². The fourth-order valence-corrected chi connectivity index (χ4v) is 3.71. The molecule has 1 aliphatic heterocycles. The summed E-state index contributed by atoms with van der Waals surface area (Å²) in [6.45, 7) is 3.98. The van der Waals surface area contributed by atoms with Crippen LogP contribution in [-0.4, -0.2) is 44.2 Å². The number of ether oxygens (including phenoxy) is 1. The Balaban J connectivity index is 1.69. The molecule has 1 amide bonds. The van der Waals surface area contributed by atoms with Gasteiger partial charge in [0.15, 0.2) is 0 Å². The molecule has 4 nitrogen and oxygen atoms in total. The lowest BCUT2D eigenvalue weighted by Gasteiger charge is -2.27. The molecule has 1 heterocycles. The van der Waals surface area contributed by atoms with Gasteiger partial charge >= 0.3 is 0 Å². The molecule has 2 atom stereocenters. The maximum Gasteiger partial charge on any atom is 0.223 e. The van der Waals surface area contributed by atoms with Crippen LogP contribution in [-0.2, 0) is 16.1 Å². The molecule has 3 rings (SSSR count). The third-order valence-electron chi connectivity index (χ3n) is 5.55. The minimum atomic E-state index is -0.256. The van der Waals surface area contributed by atoms with E-state index in [1.807, 2.05) is 25.9 Å². The lowest BCUT2D eigenvalue weighted by Crippen LogP contribution is -2.37. The molecule has 1 fully saturated rings. The van der Waals surface area contributed by atoms with E-state index in [2.05, 4.69) is 29.2 Å². The Morgan fingerprint density at radius 2 is 1.83 bits per heavy atom. The fraction of sp³-hybridized carbons (Fsp3) is 0.458. The summed E-state index contributed by atoms with van der Waals surface area (Å²) >= 11 is 0. The van der Waals surface area contributed by atoms with Gasteiger partial charge in [-0.2, -0.15) is 0 Å². The van der Waals surface area contributed by atoms with Gasteiger partial charge in [-0.05, 0) is 54.2 Å². The second-order valence-electron chi connectivity index (χ2n) is 8.13. The lowest BCUT2D eigenvalue weighted by molar-refractivity contribution is -0.133. The van der Waals surface area contributed by atoms with E-state index in [0.717, 1.165) is 36.3 Å². The number of carbonyl (C=O) groups excluding carboxylic acids is 1. The molecule has 1 aliphatic rings. The highest BCUT2D eigenvalue weighted by atomic mass is 19.1. The Labute approximate surface area is 173 Å². The third kappa shape index (κ3) is 6.04. The van der Waals surface area contributed by atoms with Crippen LogP contribution in [0.4, 0.5) is 10.1 Å².